The summed E-state index contributed by atoms with van der Waals surface area (Å²) in [5.41, 5.74) is 1.95. The number of amides is 1. The molecule has 76 valence electrons. The number of anilines is 1. The summed E-state index contributed by atoms with van der Waals surface area (Å²) in [6, 6.07) is 7.79. The number of nitrogens with one attached hydrogen (secondary N) is 1. The summed E-state index contributed by atoms with van der Waals surface area (Å²) in [6.07, 6.45) is 0.923. The number of carbonyl (C=O) groups excluding carboxylic acids is 1. The minimum absolute atomic E-state index is 0.0497. The minimum atomic E-state index is -0.211. The highest BCUT2D eigenvalue weighted by molar-refractivity contribution is 9.10. The SMILES string of the molecule is N#CCC1Cc2cc(Br)ccc2NC1=O. The Morgan fingerprint density at radius 1 is 1.60 bits per heavy atom. The van der Waals surface area contributed by atoms with Gasteiger partial charge in [-0.15, -0.1) is 0 Å². The Morgan fingerprint density at radius 2 is 2.40 bits per heavy atom. The van der Waals surface area contributed by atoms with E-state index in [0.717, 1.165) is 15.7 Å². The van der Waals surface area contributed by atoms with Crippen molar-refractivity contribution in [3.8, 4) is 6.07 Å². The summed E-state index contributed by atoms with van der Waals surface area (Å²) in [4.78, 5) is 11.6. The molecule has 2 rings (SSSR count). The summed E-state index contributed by atoms with van der Waals surface area (Å²) in [6.45, 7) is 0. The molecule has 0 saturated carbocycles. The van der Waals surface area contributed by atoms with Crippen LogP contribution in [0.3, 0.4) is 0 Å². The second kappa shape index (κ2) is 4.03. The van der Waals surface area contributed by atoms with Crippen molar-refractivity contribution in [3.05, 3.63) is 28.2 Å². The largest absolute Gasteiger partial charge is 0.326 e. The van der Waals surface area contributed by atoms with E-state index < -0.39 is 0 Å². The van der Waals surface area contributed by atoms with E-state index in [9.17, 15) is 4.79 Å². The molecule has 1 atom stereocenters. The van der Waals surface area contributed by atoms with Crippen LogP contribution < -0.4 is 5.32 Å². The van der Waals surface area contributed by atoms with Gasteiger partial charge in [0.05, 0.1) is 12.0 Å². The zero-order chi connectivity index (χ0) is 10.8. The van der Waals surface area contributed by atoms with E-state index in [0.29, 0.717) is 6.42 Å². The molecule has 0 aliphatic carbocycles. The predicted octanol–water partition coefficient (Wildman–Crippen LogP) is 2.47. The first-order valence-electron chi connectivity index (χ1n) is 4.67. The topological polar surface area (TPSA) is 52.9 Å². The number of carbonyl (C=O) groups is 1. The Kier molecular flexibility index (Phi) is 2.74. The van der Waals surface area contributed by atoms with Crippen LogP contribution >= 0.6 is 15.9 Å². The van der Waals surface area contributed by atoms with E-state index in [1.807, 2.05) is 24.3 Å². The van der Waals surface area contributed by atoms with E-state index in [4.69, 9.17) is 5.26 Å². The van der Waals surface area contributed by atoms with Crippen LogP contribution in [0.25, 0.3) is 0 Å². The van der Waals surface area contributed by atoms with Gasteiger partial charge in [0, 0.05) is 16.6 Å². The smallest absolute Gasteiger partial charge is 0.228 e. The maximum absolute atomic E-state index is 11.6. The molecule has 1 N–H and O–H groups in total. The number of hydrogen-bond donors (Lipinski definition) is 1. The molecule has 0 spiro atoms. The number of benzene rings is 1. The van der Waals surface area contributed by atoms with Crippen LogP contribution in [-0.4, -0.2) is 5.91 Å². The average molecular weight is 265 g/mol. The molecule has 0 aromatic heterocycles. The molecule has 0 radical (unpaired) electrons. The highest BCUT2D eigenvalue weighted by Gasteiger charge is 2.25. The first-order chi connectivity index (χ1) is 7.20. The minimum Gasteiger partial charge on any atom is -0.326 e. The van der Waals surface area contributed by atoms with Crippen molar-refractivity contribution in [2.45, 2.75) is 12.8 Å². The van der Waals surface area contributed by atoms with Crippen molar-refractivity contribution >= 4 is 27.5 Å². The van der Waals surface area contributed by atoms with Gasteiger partial charge in [0.25, 0.3) is 0 Å². The van der Waals surface area contributed by atoms with Crippen molar-refractivity contribution in [2.24, 2.45) is 5.92 Å². The molecule has 1 unspecified atom stereocenters. The fourth-order valence-electron chi connectivity index (χ4n) is 1.72. The highest BCUT2D eigenvalue weighted by Crippen LogP contribution is 2.29. The van der Waals surface area contributed by atoms with Crippen LogP contribution in [0.5, 0.6) is 0 Å². The Balaban J connectivity index is 2.31. The van der Waals surface area contributed by atoms with Crippen molar-refractivity contribution in [1.82, 2.24) is 0 Å². The van der Waals surface area contributed by atoms with E-state index in [-0.39, 0.29) is 18.2 Å². The van der Waals surface area contributed by atoms with Gasteiger partial charge in [-0.1, -0.05) is 15.9 Å². The third kappa shape index (κ3) is 2.02. The quantitative estimate of drug-likeness (QED) is 0.848. The summed E-state index contributed by atoms with van der Waals surface area (Å²) >= 11 is 3.39. The predicted molar refractivity (Wildman–Crippen MR) is 60.2 cm³/mol. The number of nitriles is 1. The summed E-state index contributed by atoms with van der Waals surface area (Å²) < 4.78 is 0.994. The lowest BCUT2D eigenvalue weighted by Gasteiger charge is -2.22. The van der Waals surface area contributed by atoms with Gasteiger partial charge < -0.3 is 5.32 Å². The van der Waals surface area contributed by atoms with Gasteiger partial charge >= 0.3 is 0 Å². The standard InChI is InChI=1S/C11H9BrN2O/c12-9-1-2-10-8(6-9)5-7(3-4-13)11(15)14-10/h1-2,6-7H,3,5H2,(H,14,15). The van der Waals surface area contributed by atoms with Gasteiger partial charge in [-0.2, -0.15) is 5.26 Å². The Bertz CT molecular complexity index is 450. The fraction of sp³-hybridized carbons (Fsp3) is 0.273. The number of rotatable bonds is 1. The number of fused-ring (bicyclic) bond motifs is 1. The van der Waals surface area contributed by atoms with Gasteiger partial charge in [0.15, 0.2) is 0 Å². The molecule has 0 fully saturated rings. The molecule has 1 heterocycles. The van der Waals surface area contributed by atoms with Gasteiger partial charge in [-0.25, -0.2) is 0 Å². The lowest BCUT2D eigenvalue weighted by molar-refractivity contribution is -0.120. The van der Waals surface area contributed by atoms with Crippen molar-refractivity contribution in [3.63, 3.8) is 0 Å². The average Bonchev–Trinajstić information content (AvgIpc) is 2.20. The molecule has 1 aliphatic heterocycles. The molecule has 1 amide bonds. The lowest BCUT2D eigenvalue weighted by atomic mass is 9.91. The second-order valence-corrected chi connectivity index (χ2v) is 4.47. The maximum Gasteiger partial charge on any atom is 0.228 e. The van der Waals surface area contributed by atoms with Crippen LogP contribution in [0.15, 0.2) is 22.7 Å². The van der Waals surface area contributed by atoms with Crippen LogP contribution in [0.4, 0.5) is 5.69 Å². The molecule has 1 aromatic carbocycles. The molecule has 4 heteroatoms. The third-order valence-corrected chi connectivity index (χ3v) is 2.99. The van der Waals surface area contributed by atoms with E-state index >= 15 is 0 Å². The monoisotopic (exact) mass is 264 g/mol. The van der Waals surface area contributed by atoms with Gasteiger partial charge in [0.2, 0.25) is 5.91 Å². The summed E-state index contributed by atoms with van der Waals surface area (Å²) in [5, 5.41) is 11.4. The maximum atomic E-state index is 11.6. The van der Waals surface area contributed by atoms with Crippen LogP contribution in [-0.2, 0) is 11.2 Å². The Morgan fingerprint density at radius 3 is 3.13 bits per heavy atom. The van der Waals surface area contributed by atoms with E-state index in [1.54, 1.807) is 0 Å². The number of halogens is 1. The van der Waals surface area contributed by atoms with Crippen molar-refractivity contribution in [2.75, 3.05) is 5.32 Å². The molecular weight excluding hydrogens is 256 g/mol. The molecule has 1 aliphatic rings. The van der Waals surface area contributed by atoms with Crippen LogP contribution in [0, 0.1) is 17.2 Å². The fourth-order valence-corrected chi connectivity index (χ4v) is 2.13. The third-order valence-electron chi connectivity index (χ3n) is 2.50. The second-order valence-electron chi connectivity index (χ2n) is 3.55. The highest BCUT2D eigenvalue weighted by atomic mass is 79.9. The first-order valence-corrected chi connectivity index (χ1v) is 5.46. The Labute approximate surface area is 96.2 Å². The molecule has 3 nitrogen and oxygen atoms in total. The van der Waals surface area contributed by atoms with Crippen molar-refractivity contribution in [1.29, 1.82) is 5.26 Å². The molecule has 15 heavy (non-hydrogen) atoms. The van der Waals surface area contributed by atoms with E-state index in [1.165, 1.54) is 0 Å². The normalized spacial score (nSPS) is 18.9. The van der Waals surface area contributed by atoms with Crippen LogP contribution in [0.2, 0.25) is 0 Å². The van der Waals surface area contributed by atoms with Gasteiger partial charge in [-0.3, -0.25) is 4.79 Å². The first kappa shape index (κ1) is 10.2. The summed E-state index contributed by atoms with van der Waals surface area (Å²) in [7, 11) is 0. The summed E-state index contributed by atoms with van der Waals surface area (Å²) in [5.74, 6) is -0.261. The van der Waals surface area contributed by atoms with Gasteiger partial charge in [0.1, 0.15) is 0 Å². The van der Waals surface area contributed by atoms with Gasteiger partial charge in [-0.05, 0) is 30.2 Å². The number of hydrogen-bond acceptors (Lipinski definition) is 2. The zero-order valence-corrected chi connectivity index (χ0v) is 9.54. The number of nitrogens with zero attached hydrogens (tertiary/aromatic N) is 1. The van der Waals surface area contributed by atoms with Crippen LogP contribution in [0.1, 0.15) is 12.0 Å². The molecule has 1 aromatic rings. The Hall–Kier alpha value is -1.34. The molecular formula is C11H9BrN2O. The van der Waals surface area contributed by atoms with Crippen molar-refractivity contribution < 1.29 is 4.79 Å². The molecule has 0 saturated heterocycles. The van der Waals surface area contributed by atoms with E-state index in [2.05, 4.69) is 21.2 Å². The lowest BCUT2D eigenvalue weighted by Crippen LogP contribution is -2.29. The molecule has 0 bridgehead atoms. The zero-order valence-electron chi connectivity index (χ0n) is 7.96.